The fourth-order valence-corrected chi connectivity index (χ4v) is 2.47. The highest BCUT2D eigenvalue weighted by atomic mass is 16.5. The lowest BCUT2D eigenvalue weighted by atomic mass is 10.2. The summed E-state index contributed by atoms with van der Waals surface area (Å²) in [6.45, 7) is 6.30. The van der Waals surface area contributed by atoms with Gasteiger partial charge in [0.2, 0.25) is 5.91 Å². The van der Waals surface area contributed by atoms with Gasteiger partial charge in [0.25, 0.3) is 0 Å². The second kappa shape index (κ2) is 8.00. The second-order valence-corrected chi connectivity index (χ2v) is 5.23. The summed E-state index contributed by atoms with van der Waals surface area (Å²) in [5.74, 6) is 0.741. The highest BCUT2D eigenvalue weighted by molar-refractivity contribution is 5.77. The Morgan fingerprint density at radius 2 is 2.05 bits per heavy atom. The fraction of sp³-hybridized carbons (Fsp3) is 0.562. The Morgan fingerprint density at radius 1 is 1.29 bits per heavy atom. The average Bonchev–Trinajstić information content (AvgIpc) is 2.55. The van der Waals surface area contributed by atoms with Crippen molar-refractivity contribution in [2.45, 2.75) is 13.3 Å². The first-order valence-electron chi connectivity index (χ1n) is 7.55. The highest BCUT2D eigenvalue weighted by Gasteiger charge is 2.19. The molecule has 0 saturated carbocycles. The van der Waals surface area contributed by atoms with Crippen LogP contribution in [0.15, 0.2) is 24.3 Å². The molecular formula is C16H24N2O3. The van der Waals surface area contributed by atoms with Gasteiger partial charge in [-0.2, -0.15) is 0 Å². The number of piperazine rings is 1. The predicted molar refractivity (Wildman–Crippen MR) is 81.4 cm³/mol. The molecule has 0 aliphatic carbocycles. The Bertz CT molecular complexity index is 457. The molecule has 5 heteroatoms. The second-order valence-electron chi connectivity index (χ2n) is 5.23. The zero-order chi connectivity index (χ0) is 15.1. The van der Waals surface area contributed by atoms with Crippen molar-refractivity contribution < 1.29 is 14.6 Å². The van der Waals surface area contributed by atoms with Gasteiger partial charge in [0.05, 0.1) is 0 Å². The number of benzene rings is 1. The van der Waals surface area contributed by atoms with E-state index in [-0.39, 0.29) is 5.91 Å². The third kappa shape index (κ3) is 4.72. The standard InChI is InChI=1S/C16H24N2O3/c1-2-14-4-3-5-15(12-14)21-11-10-17-6-8-18(9-7-17)16(20)13-19/h3-5,12,19H,2,6-11,13H2,1H3. The third-order valence-electron chi connectivity index (χ3n) is 3.84. The van der Waals surface area contributed by atoms with Crippen LogP contribution in [0, 0.1) is 0 Å². The summed E-state index contributed by atoms with van der Waals surface area (Å²) < 4.78 is 5.78. The lowest BCUT2D eigenvalue weighted by Crippen LogP contribution is -2.50. The molecule has 1 aliphatic heterocycles. The van der Waals surface area contributed by atoms with Gasteiger partial charge in [-0.15, -0.1) is 0 Å². The van der Waals surface area contributed by atoms with E-state index in [0.29, 0.717) is 19.7 Å². The summed E-state index contributed by atoms with van der Waals surface area (Å²) in [6.07, 6.45) is 1.01. The van der Waals surface area contributed by atoms with Crippen LogP contribution in [0.5, 0.6) is 5.75 Å². The molecule has 1 fully saturated rings. The van der Waals surface area contributed by atoms with Gasteiger partial charge >= 0.3 is 0 Å². The first-order chi connectivity index (χ1) is 10.2. The molecule has 1 amide bonds. The molecule has 0 bridgehead atoms. The Morgan fingerprint density at radius 3 is 2.71 bits per heavy atom. The van der Waals surface area contributed by atoms with Crippen LogP contribution in [-0.4, -0.2) is 66.8 Å². The van der Waals surface area contributed by atoms with Gasteiger partial charge < -0.3 is 14.7 Å². The van der Waals surface area contributed by atoms with Gasteiger partial charge in [0.1, 0.15) is 19.0 Å². The molecule has 1 aromatic carbocycles. The summed E-state index contributed by atoms with van der Waals surface area (Å²) in [5.41, 5.74) is 1.28. The topological polar surface area (TPSA) is 53.0 Å². The fourth-order valence-electron chi connectivity index (χ4n) is 2.47. The number of ether oxygens (including phenoxy) is 1. The lowest BCUT2D eigenvalue weighted by Gasteiger charge is -2.34. The van der Waals surface area contributed by atoms with E-state index in [1.807, 2.05) is 12.1 Å². The van der Waals surface area contributed by atoms with Crippen molar-refractivity contribution in [3.05, 3.63) is 29.8 Å². The monoisotopic (exact) mass is 292 g/mol. The minimum absolute atomic E-state index is 0.178. The van der Waals surface area contributed by atoms with Crippen LogP contribution >= 0.6 is 0 Å². The van der Waals surface area contributed by atoms with Gasteiger partial charge in [-0.3, -0.25) is 9.69 Å². The maximum atomic E-state index is 11.4. The maximum Gasteiger partial charge on any atom is 0.248 e. The molecule has 5 nitrogen and oxygen atoms in total. The summed E-state index contributed by atoms with van der Waals surface area (Å²) in [6, 6.07) is 8.19. The molecule has 0 unspecified atom stereocenters. The smallest absolute Gasteiger partial charge is 0.248 e. The Kier molecular flexibility index (Phi) is 6.02. The van der Waals surface area contributed by atoms with E-state index in [1.54, 1.807) is 4.90 Å². The van der Waals surface area contributed by atoms with Crippen molar-refractivity contribution in [2.24, 2.45) is 0 Å². The van der Waals surface area contributed by atoms with Crippen molar-refractivity contribution in [3.63, 3.8) is 0 Å². The Balaban J connectivity index is 1.69. The molecule has 1 heterocycles. The first-order valence-corrected chi connectivity index (χ1v) is 7.55. The largest absolute Gasteiger partial charge is 0.492 e. The zero-order valence-corrected chi connectivity index (χ0v) is 12.6. The SMILES string of the molecule is CCc1cccc(OCCN2CCN(C(=O)CO)CC2)c1. The van der Waals surface area contributed by atoms with E-state index in [4.69, 9.17) is 9.84 Å². The third-order valence-corrected chi connectivity index (χ3v) is 3.84. The van der Waals surface area contributed by atoms with Crippen LogP contribution < -0.4 is 4.74 Å². The van der Waals surface area contributed by atoms with E-state index >= 15 is 0 Å². The molecule has 0 spiro atoms. The molecular weight excluding hydrogens is 268 g/mol. The van der Waals surface area contributed by atoms with Gasteiger partial charge in [-0.25, -0.2) is 0 Å². The number of carbonyl (C=O) groups is 1. The van der Waals surface area contributed by atoms with E-state index in [9.17, 15) is 4.79 Å². The first kappa shape index (κ1) is 15.8. The summed E-state index contributed by atoms with van der Waals surface area (Å²) in [7, 11) is 0. The number of amides is 1. The normalized spacial score (nSPS) is 16.0. The minimum atomic E-state index is -0.392. The molecule has 1 aromatic rings. The molecule has 1 aliphatic rings. The van der Waals surface area contributed by atoms with Crippen LogP contribution in [0.2, 0.25) is 0 Å². The van der Waals surface area contributed by atoms with Gasteiger partial charge in [0.15, 0.2) is 0 Å². The molecule has 0 atom stereocenters. The van der Waals surface area contributed by atoms with Crippen LogP contribution in [0.25, 0.3) is 0 Å². The maximum absolute atomic E-state index is 11.4. The van der Waals surface area contributed by atoms with E-state index < -0.39 is 6.61 Å². The van der Waals surface area contributed by atoms with Gasteiger partial charge in [0, 0.05) is 32.7 Å². The quantitative estimate of drug-likeness (QED) is 0.841. The van der Waals surface area contributed by atoms with E-state index in [0.717, 1.165) is 31.8 Å². The van der Waals surface area contributed by atoms with Gasteiger partial charge in [-0.1, -0.05) is 19.1 Å². The van der Waals surface area contributed by atoms with E-state index in [1.165, 1.54) is 5.56 Å². The number of aryl methyl sites for hydroxylation is 1. The van der Waals surface area contributed by atoms with Crippen LogP contribution in [-0.2, 0) is 11.2 Å². The average molecular weight is 292 g/mol. The van der Waals surface area contributed by atoms with Crippen LogP contribution in [0.1, 0.15) is 12.5 Å². The minimum Gasteiger partial charge on any atom is -0.492 e. The Hall–Kier alpha value is -1.59. The zero-order valence-electron chi connectivity index (χ0n) is 12.6. The highest BCUT2D eigenvalue weighted by Crippen LogP contribution is 2.13. The number of rotatable bonds is 6. The molecule has 1 saturated heterocycles. The van der Waals surface area contributed by atoms with Crippen molar-refractivity contribution in [2.75, 3.05) is 45.9 Å². The molecule has 21 heavy (non-hydrogen) atoms. The molecule has 0 radical (unpaired) electrons. The Labute approximate surface area is 126 Å². The van der Waals surface area contributed by atoms with Crippen molar-refractivity contribution in [3.8, 4) is 5.75 Å². The number of aliphatic hydroxyl groups is 1. The predicted octanol–water partition coefficient (Wildman–Crippen LogP) is 0.764. The van der Waals surface area contributed by atoms with Crippen molar-refractivity contribution in [1.82, 2.24) is 9.80 Å². The van der Waals surface area contributed by atoms with Crippen LogP contribution in [0.4, 0.5) is 0 Å². The lowest BCUT2D eigenvalue weighted by molar-refractivity contribution is -0.135. The molecule has 116 valence electrons. The van der Waals surface area contributed by atoms with Crippen molar-refractivity contribution in [1.29, 1.82) is 0 Å². The molecule has 2 rings (SSSR count). The number of hydrogen-bond acceptors (Lipinski definition) is 4. The number of aliphatic hydroxyl groups excluding tert-OH is 1. The number of carbonyl (C=O) groups excluding carboxylic acids is 1. The summed E-state index contributed by atoms with van der Waals surface area (Å²) >= 11 is 0. The summed E-state index contributed by atoms with van der Waals surface area (Å²) in [4.78, 5) is 15.4. The number of hydrogen-bond donors (Lipinski definition) is 1. The van der Waals surface area contributed by atoms with E-state index in [2.05, 4.69) is 24.0 Å². The molecule has 0 aromatic heterocycles. The number of nitrogens with zero attached hydrogens (tertiary/aromatic N) is 2. The van der Waals surface area contributed by atoms with Gasteiger partial charge in [-0.05, 0) is 24.1 Å². The van der Waals surface area contributed by atoms with Crippen LogP contribution in [0.3, 0.4) is 0 Å². The summed E-state index contributed by atoms with van der Waals surface area (Å²) in [5, 5.41) is 8.84. The van der Waals surface area contributed by atoms with Crippen molar-refractivity contribution >= 4 is 5.91 Å². The molecule has 1 N–H and O–H groups in total.